The molecular formula is C16H25N3O. The second-order valence-electron chi connectivity index (χ2n) is 5.55. The number of piperidine rings is 1. The molecule has 1 fully saturated rings. The summed E-state index contributed by atoms with van der Waals surface area (Å²) < 4.78 is 0. The summed E-state index contributed by atoms with van der Waals surface area (Å²) in [6, 6.07) is 3.88. The van der Waals surface area contributed by atoms with Crippen LogP contribution in [-0.2, 0) is 0 Å². The zero-order chi connectivity index (χ0) is 14.5. The van der Waals surface area contributed by atoms with Crippen molar-refractivity contribution >= 4 is 11.6 Å². The van der Waals surface area contributed by atoms with Crippen LogP contribution in [0.4, 0.5) is 5.69 Å². The Labute approximate surface area is 121 Å². The number of pyridine rings is 1. The molecule has 0 radical (unpaired) electrons. The van der Waals surface area contributed by atoms with Gasteiger partial charge in [-0.2, -0.15) is 0 Å². The van der Waals surface area contributed by atoms with E-state index < -0.39 is 0 Å². The van der Waals surface area contributed by atoms with Crippen molar-refractivity contribution < 1.29 is 4.79 Å². The smallest absolute Gasteiger partial charge is 0.272 e. The van der Waals surface area contributed by atoms with Crippen molar-refractivity contribution in [3.05, 3.63) is 24.0 Å². The van der Waals surface area contributed by atoms with Crippen LogP contribution in [0, 0.1) is 5.92 Å². The van der Waals surface area contributed by atoms with E-state index in [2.05, 4.69) is 16.8 Å². The van der Waals surface area contributed by atoms with Gasteiger partial charge in [-0.25, -0.2) is 4.98 Å². The molecule has 2 rings (SSSR count). The molecule has 1 saturated heterocycles. The third-order valence-electron chi connectivity index (χ3n) is 4.17. The molecular weight excluding hydrogens is 250 g/mol. The average molecular weight is 275 g/mol. The van der Waals surface area contributed by atoms with Gasteiger partial charge in [0.1, 0.15) is 5.69 Å². The van der Waals surface area contributed by atoms with E-state index in [1.54, 1.807) is 4.90 Å². The van der Waals surface area contributed by atoms with Gasteiger partial charge >= 0.3 is 0 Å². The van der Waals surface area contributed by atoms with Gasteiger partial charge in [-0.3, -0.25) is 4.79 Å². The summed E-state index contributed by atoms with van der Waals surface area (Å²) in [5.74, 6) is 0.844. The van der Waals surface area contributed by atoms with Gasteiger partial charge in [0.25, 0.3) is 5.91 Å². The number of carbonyl (C=O) groups excluding carboxylic acids is 1. The SMILES string of the molecule is CCN(CC)C(=O)c1ccc(N2CCC(C)CC2)cn1. The van der Waals surface area contributed by atoms with Crippen LogP contribution in [0.3, 0.4) is 0 Å². The van der Waals surface area contributed by atoms with Gasteiger partial charge < -0.3 is 9.80 Å². The average Bonchev–Trinajstić information content (AvgIpc) is 2.49. The molecule has 0 spiro atoms. The van der Waals surface area contributed by atoms with Crippen LogP contribution >= 0.6 is 0 Å². The highest BCUT2D eigenvalue weighted by Gasteiger charge is 2.18. The molecule has 0 unspecified atom stereocenters. The molecule has 0 saturated carbocycles. The van der Waals surface area contributed by atoms with Gasteiger partial charge in [-0.15, -0.1) is 0 Å². The van der Waals surface area contributed by atoms with E-state index in [1.165, 1.54) is 12.8 Å². The molecule has 0 atom stereocenters. The Bertz CT molecular complexity index is 432. The summed E-state index contributed by atoms with van der Waals surface area (Å²) in [4.78, 5) is 20.7. The maximum atomic E-state index is 12.2. The van der Waals surface area contributed by atoms with Crippen LogP contribution < -0.4 is 4.90 Å². The second-order valence-corrected chi connectivity index (χ2v) is 5.55. The highest BCUT2D eigenvalue weighted by atomic mass is 16.2. The zero-order valence-electron chi connectivity index (χ0n) is 12.8. The fourth-order valence-electron chi connectivity index (χ4n) is 2.64. The Balaban J connectivity index is 2.04. The number of anilines is 1. The van der Waals surface area contributed by atoms with Crippen molar-refractivity contribution in [3.8, 4) is 0 Å². The van der Waals surface area contributed by atoms with Crippen LogP contribution in [0.1, 0.15) is 44.1 Å². The fourth-order valence-corrected chi connectivity index (χ4v) is 2.64. The predicted molar refractivity (Wildman–Crippen MR) is 82.1 cm³/mol. The Hall–Kier alpha value is -1.58. The summed E-state index contributed by atoms with van der Waals surface area (Å²) >= 11 is 0. The highest BCUT2D eigenvalue weighted by molar-refractivity contribution is 5.92. The lowest BCUT2D eigenvalue weighted by Gasteiger charge is -2.31. The third-order valence-corrected chi connectivity index (χ3v) is 4.17. The number of carbonyl (C=O) groups is 1. The molecule has 1 aliphatic heterocycles. The van der Waals surface area contributed by atoms with Crippen molar-refractivity contribution in [2.24, 2.45) is 5.92 Å². The van der Waals surface area contributed by atoms with E-state index in [9.17, 15) is 4.79 Å². The number of aromatic nitrogens is 1. The van der Waals surface area contributed by atoms with E-state index >= 15 is 0 Å². The minimum atomic E-state index is 0.0221. The molecule has 0 aromatic carbocycles. The molecule has 4 nitrogen and oxygen atoms in total. The first kappa shape index (κ1) is 14.8. The Morgan fingerprint density at radius 3 is 2.45 bits per heavy atom. The number of hydrogen-bond donors (Lipinski definition) is 0. The monoisotopic (exact) mass is 275 g/mol. The maximum absolute atomic E-state index is 12.2. The standard InChI is InChI=1S/C16H25N3O/c1-4-18(5-2)16(20)15-7-6-14(12-17-15)19-10-8-13(3)9-11-19/h6-7,12-13H,4-5,8-11H2,1-3H3. The van der Waals surface area contributed by atoms with Crippen molar-refractivity contribution in [2.45, 2.75) is 33.6 Å². The minimum absolute atomic E-state index is 0.0221. The quantitative estimate of drug-likeness (QED) is 0.848. The van der Waals surface area contributed by atoms with Gasteiger partial charge in [0.05, 0.1) is 11.9 Å². The number of nitrogens with zero attached hydrogens (tertiary/aromatic N) is 3. The van der Waals surface area contributed by atoms with Crippen LogP contribution in [0.25, 0.3) is 0 Å². The van der Waals surface area contributed by atoms with E-state index in [0.717, 1.165) is 37.8 Å². The Morgan fingerprint density at radius 1 is 1.30 bits per heavy atom. The molecule has 1 aliphatic rings. The van der Waals surface area contributed by atoms with Gasteiger partial charge in [0.15, 0.2) is 0 Å². The van der Waals surface area contributed by atoms with Crippen molar-refractivity contribution in [2.75, 3.05) is 31.1 Å². The first-order valence-electron chi connectivity index (χ1n) is 7.66. The molecule has 1 aromatic rings. The Kier molecular flexibility index (Phi) is 4.99. The van der Waals surface area contributed by atoms with Gasteiger partial charge in [0, 0.05) is 26.2 Å². The van der Waals surface area contributed by atoms with Gasteiger partial charge in [0.2, 0.25) is 0 Å². The van der Waals surface area contributed by atoms with Gasteiger partial charge in [-0.1, -0.05) is 6.92 Å². The first-order chi connectivity index (χ1) is 9.65. The fraction of sp³-hybridized carbons (Fsp3) is 0.625. The lowest BCUT2D eigenvalue weighted by molar-refractivity contribution is 0.0767. The van der Waals surface area contributed by atoms with Crippen molar-refractivity contribution in [3.63, 3.8) is 0 Å². The van der Waals surface area contributed by atoms with E-state index in [-0.39, 0.29) is 5.91 Å². The minimum Gasteiger partial charge on any atom is -0.370 e. The van der Waals surface area contributed by atoms with Crippen LogP contribution in [0.2, 0.25) is 0 Å². The summed E-state index contributed by atoms with van der Waals surface area (Å²) in [6.07, 6.45) is 4.31. The molecule has 1 aromatic heterocycles. The largest absolute Gasteiger partial charge is 0.370 e. The molecule has 0 bridgehead atoms. The van der Waals surface area contributed by atoms with Crippen molar-refractivity contribution in [1.29, 1.82) is 0 Å². The van der Waals surface area contributed by atoms with Crippen molar-refractivity contribution in [1.82, 2.24) is 9.88 Å². The normalized spacial score (nSPS) is 16.2. The molecule has 4 heteroatoms. The van der Waals surface area contributed by atoms with Crippen LogP contribution in [-0.4, -0.2) is 42.0 Å². The van der Waals surface area contributed by atoms with Crippen LogP contribution in [0.5, 0.6) is 0 Å². The summed E-state index contributed by atoms with van der Waals surface area (Å²) in [5.41, 5.74) is 1.68. The summed E-state index contributed by atoms with van der Waals surface area (Å²) in [6.45, 7) is 9.92. The second kappa shape index (κ2) is 6.73. The molecule has 0 aliphatic carbocycles. The Morgan fingerprint density at radius 2 is 1.95 bits per heavy atom. The summed E-state index contributed by atoms with van der Waals surface area (Å²) in [7, 11) is 0. The number of hydrogen-bond acceptors (Lipinski definition) is 3. The van der Waals surface area contributed by atoms with E-state index in [4.69, 9.17) is 0 Å². The van der Waals surface area contributed by atoms with Crippen LogP contribution in [0.15, 0.2) is 18.3 Å². The highest BCUT2D eigenvalue weighted by Crippen LogP contribution is 2.22. The lowest BCUT2D eigenvalue weighted by Crippen LogP contribution is -2.33. The molecule has 20 heavy (non-hydrogen) atoms. The first-order valence-corrected chi connectivity index (χ1v) is 7.66. The lowest BCUT2D eigenvalue weighted by atomic mass is 9.99. The topological polar surface area (TPSA) is 36.4 Å². The molecule has 1 amide bonds. The maximum Gasteiger partial charge on any atom is 0.272 e. The van der Waals surface area contributed by atoms with E-state index in [0.29, 0.717) is 5.69 Å². The molecule has 2 heterocycles. The molecule has 0 N–H and O–H groups in total. The number of amides is 1. The van der Waals surface area contributed by atoms with Gasteiger partial charge in [-0.05, 0) is 44.7 Å². The molecule has 110 valence electrons. The summed E-state index contributed by atoms with van der Waals surface area (Å²) in [5, 5.41) is 0. The van der Waals surface area contributed by atoms with E-state index in [1.807, 2.05) is 32.2 Å². The predicted octanol–water partition coefficient (Wildman–Crippen LogP) is 2.80. The zero-order valence-corrected chi connectivity index (χ0v) is 12.8. The third kappa shape index (κ3) is 3.30. The number of rotatable bonds is 4.